The van der Waals surface area contributed by atoms with Crippen LogP contribution in [0.4, 0.5) is 4.39 Å². The molecule has 0 aliphatic rings. The van der Waals surface area contributed by atoms with Crippen molar-refractivity contribution in [2.75, 3.05) is 0 Å². The maximum Gasteiger partial charge on any atom is 0.364 e. The minimum atomic E-state index is -3.57. The van der Waals surface area contributed by atoms with Crippen LogP contribution < -0.4 is 0 Å². The van der Waals surface area contributed by atoms with Gasteiger partial charge in [0.05, 0.1) is 12.2 Å². The number of rotatable bonds is 5. The molecule has 0 aromatic rings. The molecule has 3 nitrogen and oxygen atoms in total. The topological polar surface area (TPSA) is 35.5 Å². The molecule has 0 aliphatic carbocycles. The van der Waals surface area contributed by atoms with E-state index in [0.29, 0.717) is 0 Å². The van der Waals surface area contributed by atoms with Crippen molar-refractivity contribution >= 4 is 7.60 Å². The molecule has 0 aromatic carbocycles. The molecule has 0 amide bonds. The molecule has 0 aliphatic heterocycles. The normalized spacial score (nSPS) is 15.4. The largest absolute Gasteiger partial charge is 0.364 e. The molecule has 0 fully saturated rings. The first-order chi connectivity index (χ1) is 5.78. The molecule has 0 saturated carbocycles. The monoisotopic (exact) mass is 212 g/mol. The lowest BCUT2D eigenvalue weighted by Crippen LogP contribution is -2.13. The van der Waals surface area contributed by atoms with Crippen molar-refractivity contribution < 1.29 is 18.0 Å². The SMILES string of the molecule is CC(C)OP(=O)(OC(C)C)C(C)F. The molecular weight excluding hydrogens is 194 g/mol. The maximum absolute atomic E-state index is 13.0. The van der Waals surface area contributed by atoms with E-state index in [1.165, 1.54) is 6.92 Å². The van der Waals surface area contributed by atoms with Gasteiger partial charge in [-0.05, 0) is 34.6 Å². The zero-order valence-corrected chi connectivity index (χ0v) is 9.68. The van der Waals surface area contributed by atoms with Crippen LogP contribution in [0.1, 0.15) is 34.6 Å². The van der Waals surface area contributed by atoms with Gasteiger partial charge >= 0.3 is 7.60 Å². The van der Waals surface area contributed by atoms with Crippen molar-refractivity contribution in [1.29, 1.82) is 0 Å². The van der Waals surface area contributed by atoms with Crippen LogP contribution in [0.25, 0.3) is 0 Å². The van der Waals surface area contributed by atoms with E-state index in [1.807, 2.05) is 0 Å². The quantitative estimate of drug-likeness (QED) is 0.655. The summed E-state index contributed by atoms with van der Waals surface area (Å²) in [6, 6.07) is 0. The molecule has 13 heavy (non-hydrogen) atoms. The van der Waals surface area contributed by atoms with Crippen molar-refractivity contribution in [2.45, 2.75) is 52.7 Å². The van der Waals surface area contributed by atoms with Crippen LogP contribution in [0.3, 0.4) is 0 Å². The van der Waals surface area contributed by atoms with Crippen LogP contribution in [-0.4, -0.2) is 18.1 Å². The molecule has 0 rings (SSSR count). The van der Waals surface area contributed by atoms with E-state index in [4.69, 9.17) is 9.05 Å². The van der Waals surface area contributed by atoms with E-state index in [1.54, 1.807) is 27.7 Å². The smallest absolute Gasteiger partial charge is 0.304 e. The van der Waals surface area contributed by atoms with Crippen LogP contribution in [-0.2, 0) is 13.6 Å². The Morgan fingerprint density at radius 1 is 1.00 bits per heavy atom. The summed E-state index contributed by atoms with van der Waals surface area (Å²) < 4.78 is 34.6. The Labute approximate surface area is 79.1 Å². The van der Waals surface area contributed by atoms with Gasteiger partial charge in [0, 0.05) is 0 Å². The Bertz CT molecular complexity index is 178. The predicted octanol–water partition coefficient (Wildman–Crippen LogP) is 3.35. The third-order valence-electron chi connectivity index (χ3n) is 1.15. The molecule has 1 unspecified atom stereocenters. The van der Waals surface area contributed by atoms with Gasteiger partial charge in [-0.15, -0.1) is 0 Å². The van der Waals surface area contributed by atoms with E-state index in [2.05, 4.69) is 0 Å². The van der Waals surface area contributed by atoms with Crippen LogP contribution in [0.2, 0.25) is 0 Å². The number of hydrogen-bond donors (Lipinski definition) is 0. The van der Waals surface area contributed by atoms with Crippen molar-refractivity contribution in [2.24, 2.45) is 0 Å². The Hall–Kier alpha value is 0.0800. The minimum Gasteiger partial charge on any atom is -0.304 e. The summed E-state index contributed by atoms with van der Waals surface area (Å²) >= 11 is 0. The first-order valence-corrected chi connectivity index (χ1v) is 5.99. The fourth-order valence-electron chi connectivity index (χ4n) is 0.780. The second kappa shape index (κ2) is 5.08. The van der Waals surface area contributed by atoms with E-state index < -0.39 is 13.5 Å². The van der Waals surface area contributed by atoms with Crippen LogP contribution in [0.5, 0.6) is 0 Å². The Morgan fingerprint density at radius 2 is 1.31 bits per heavy atom. The van der Waals surface area contributed by atoms with Gasteiger partial charge in [0.1, 0.15) is 0 Å². The molecule has 0 heterocycles. The van der Waals surface area contributed by atoms with Gasteiger partial charge in [0.15, 0.2) is 5.91 Å². The van der Waals surface area contributed by atoms with Crippen LogP contribution in [0.15, 0.2) is 0 Å². The van der Waals surface area contributed by atoms with Gasteiger partial charge in [-0.25, -0.2) is 4.39 Å². The molecule has 0 aromatic heterocycles. The summed E-state index contributed by atoms with van der Waals surface area (Å²) in [4.78, 5) is 0. The van der Waals surface area contributed by atoms with Gasteiger partial charge < -0.3 is 9.05 Å². The highest BCUT2D eigenvalue weighted by Crippen LogP contribution is 2.55. The summed E-state index contributed by atoms with van der Waals surface area (Å²) in [6.07, 6.45) is -0.606. The molecule has 5 heteroatoms. The molecular formula is C8H18FO3P. The molecule has 1 atom stereocenters. The third kappa shape index (κ3) is 4.75. The standard InChI is InChI=1S/C8H18FO3P/c1-6(2)11-13(10,8(5)9)12-7(3)4/h6-8H,1-5H3. The fourth-order valence-corrected chi connectivity index (χ4v) is 2.34. The van der Waals surface area contributed by atoms with E-state index >= 15 is 0 Å². The Morgan fingerprint density at radius 3 is 1.46 bits per heavy atom. The first kappa shape index (κ1) is 13.1. The highest BCUT2D eigenvalue weighted by Gasteiger charge is 2.34. The first-order valence-electron chi connectivity index (χ1n) is 4.38. The van der Waals surface area contributed by atoms with Gasteiger partial charge in [-0.1, -0.05) is 0 Å². The van der Waals surface area contributed by atoms with E-state index in [0.717, 1.165) is 0 Å². The predicted molar refractivity (Wildman–Crippen MR) is 50.6 cm³/mol. The Balaban J connectivity index is 4.45. The van der Waals surface area contributed by atoms with Gasteiger partial charge in [0.2, 0.25) is 0 Å². The molecule has 0 saturated heterocycles. The van der Waals surface area contributed by atoms with Crippen molar-refractivity contribution in [3.8, 4) is 0 Å². The van der Waals surface area contributed by atoms with Crippen molar-refractivity contribution in [1.82, 2.24) is 0 Å². The van der Waals surface area contributed by atoms with Gasteiger partial charge in [-0.3, -0.25) is 4.57 Å². The summed E-state index contributed by atoms with van der Waals surface area (Å²) in [7, 11) is -3.57. The molecule has 0 bridgehead atoms. The number of alkyl halides is 1. The summed E-state index contributed by atoms with van der Waals surface area (Å²) in [5.74, 6) is -1.59. The summed E-state index contributed by atoms with van der Waals surface area (Å²) in [5, 5.41) is 0. The highest BCUT2D eigenvalue weighted by atomic mass is 31.2. The van der Waals surface area contributed by atoms with Crippen LogP contribution in [0, 0.1) is 0 Å². The average Bonchev–Trinajstić information content (AvgIpc) is 1.82. The van der Waals surface area contributed by atoms with Crippen molar-refractivity contribution in [3.63, 3.8) is 0 Å². The lowest BCUT2D eigenvalue weighted by atomic mass is 10.5. The van der Waals surface area contributed by atoms with E-state index in [-0.39, 0.29) is 12.2 Å². The zero-order chi connectivity index (χ0) is 10.6. The lowest BCUT2D eigenvalue weighted by molar-refractivity contribution is 0.125. The minimum absolute atomic E-state index is 0.303. The lowest BCUT2D eigenvalue weighted by Gasteiger charge is -2.23. The number of hydrogen-bond acceptors (Lipinski definition) is 3. The number of halogens is 1. The van der Waals surface area contributed by atoms with Crippen molar-refractivity contribution in [3.05, 3.63) is 0 Å². The average molecular weight is 212 g/mol. The fraction of sp³-hybridized carbons (Fsp3) is 1.00. The van der Waals surface area contributed by atoms with Gasteiger partial charge in [0.25, 0.3) is 0 Å². The maximum atomic E-state index is 13.0. The van der Waals surface area contributed by atoms with Gasteiger partial charge in [-0.2, -0.15) is 0 Å². The molecule has 80 valence electrons. The Kier molecular flexibility index (Phi) is 5.11. The summed E-state index contributed by atoms with van der Waals surface area (Å²) in [5.41, 5.74) is 0. The zero-order valence-electron chi connectivity index (χ0n) is 8.78. The third-order valence-corrected chi connectivity index (χ3v) is 3.45. The second-order valence-electron chi connectivity index (χ2n) is 3.42. The molecule has 0 N–H and O–H groups in total. The second-order valence-corrected chi connectivity index (χ2v) is 5.64. The molecule has 0 radical (unpaired) electrons. The molecule has 0 spiro atoms. The van der Waals surface area contributed by atoms with E-state index in [9.17, 15) is 8.96 Å². The highest BCUT2D eigenvalue weighted by molar-refractivity contribution is 7.54. The summed E-state index contributed by atoms with van der Waals surface area (Å²) in [6.45, 7) is 7.96. The van der Waals surface area contributed by atoms with Crippen LogP contribution >= 0.6 is 7.60 Å².